The molecule has 1 N–H and O–H groups in total. The van der Waals surface area contributed by atoms with Crippen molar-refractivity contribution in [3.05, 3.63) is 29.3 Å². The summed E-state index contributed by atoms with van der Waals surface area (Å²) >= 11 is 0. The quantitative estimate of drug-likeness (QED) is 0.643. The second-order valence-electron chi connectivity index (χ2n) is 2.61. The second kappa shape index (κ2) is 2.38. The lowest BCUT2D eigenvalue weighted by atomic mass is 10.1. The van der Waals surface area contributed by atoms with Crippen molar-refractivity contribution in [2.24, 2.45) is 0 Å². The van der Waals surface area contributed by atoms with Crippen LogP contribution in [0.1, 0.15) is 11.1 Å². The predicted octanol–water partition coefficient (Wildman–Crippen LogP) is 1.11. The van der Waals surface area contributed by atoms with E-state index in [1.54, 1.807) is 6.07 Å². The van der Waals surface area contributed by atoms with Gasteiger partial charge < -0.3 is 5.32 Å². The number of anilines is 1. The van der Waals surface area contributed by atoms with E-state index in [0.717, 1.165) is 24.2 Å². The summed E-state index contributed by atoms with van der Waals surface area (Å²) in [5, 5.41) is 3.20. The van der Waals surface area contributed by atoms with E-state index in [-0.39, 0.29) is 0 Å². The van der Waals surface area contributed by atoms with E-state index in [9.17, 15) is 4.79 Å². The van der Waals surface area contributed by atoms with Crippen LogP contribution in [0.5, 0.6) is 0 Å². The number of hydrogen-bond donors (Lipinski definition) is 1. The molecule has 0 saturated heterocycles. The van der Waals surface area contributed by atoms with Crippen LogP contribution in [0, 0.1) is 0 Å². The molecule has 1 aliphatic rings. The highest BCUT2D eigenvalue weighted by atomic mass is 16.1. The molecule has 1 radical (unpaired) electrons. The molecule has 0 amide bonds. The van der Waals surface area contributed by atoms with Gasteiger partial charge in [0.2, 0.25) is 6.29 Å². The lowest BCUT2D eigenvalue weighted by Gasteiger charge is -1.99. The normalized spacial score (nSPS) is 13.8. The number of benzene rings is 1. The highest BCUT2D eigenvalue weighted by Crippen LogP contribution is 2.23. The fourth-order valence-electron chi connectivity index (χ4n) is 1.44. The first kappa shape index (κ1) is 6.40. The zero-order chi connectivity index (χ0) is 7.68. The molecule has 0 aromatic heterocycles. The minimum atomic E-state index is 0.701. The van der Waals surface area contributed by atoms with Gasteiger partial charge >= 0.3 is 0 Å². The first-order chi connectivity index (χ1) is 5.42. The molecule has 1 aliphatic heterocycles. The van der Waals surface area contributed by atoms with E-state index in [2.05, 4.69) is 5.32 Å². The molecule has 11 heavy (non-hydrogen) atoms. The number of hydrogen-bond acceptors (Lipinski definition) is 2. The highest BCUT2D eigenvalue weighted by molar-refractivity contribution is 5.82. The van der Waals surface area contributed by atoms with Crippen LogP contribution in [0.2, 0.25) is 0 Å². The third-order valence-electron chi connectivity index (χ3n) is 1.98. The summed E-state index contributed by atoms with van der Waals surface area (Å²) in [6, 6.07) is 5.67. The third-order valence-corrected chi connectivity index (χ3v) is 1.98. The molecule has 0 saturated carbocycles. The van der Waals surface area contributed by atoms with Crippen molar-refractivity contribution in [3.63, 3.8) is 0 Å². The Labute approximate surface area is 65.2 Å². The van der Waals surface area contributed by atoms with Crippen LogP contribution in [0.25, 0.3) is 0 Å². The van der Waals surface area contributed by atoms with Crippen molar-refractivity contribution >= 4 is 12.0 Å². The first-order valence-electron chi connectivity index (χ1n) is 3.66. The van der Waals surface area contributed by atoms with E-state index in [4.69, 9.17) is 0 Å². The summed E-state index contributed by atoms with van der Waals surface area (Å²) in [6.07, 6.45) is 2.88. The summed E-state index contributed by atoms with van der Waals surface area (Å²) < 4.78 is 0. The van der Waals surface area contributed by atoms with Crippen LogP contribution in [0.15, 0.2) is 18.2 Å². The molecule has 0 atom stereocenters. The zero-order valence-corrected chi connectivity index (χ0v) is 6.05. The van der Waals surface area contributed by atoms with Gasteiger partial charge in [0.05, 0.1) is 0 Å². The Balaban J connectivity index is 2.58. The molecular weight excluding hydrogens is 138 g/mol. The molecule has 2 heteroatoms. The topological polar surface area (TPSA) is 29.1 Å². The Bertz CT molecular complexity index is 294. The molecule has 2 rings (SSSR count). The molecule has 2 nitrogen and oxygen atoms in total. The van der Waals surface area contributed by atoms with Crippen molar-refractivity contribution in [3.8, 4) is 0 Å². The SMILES string of the molecule is O=[C]c1cccc2c1CCN2. The van der Waals surface area contributed by atoms with Crippen molar-refractivity contribution in [2.75, 3.05) is 11.9 Å². The van der Waals surface area contributed by atoms with E-state index in [1.807, 2.05) is 18.4 Å². The van der Waals surface area contributed by atoms with Crippen LogP contribution in [-0.4, -0.2) is 12.8 Å². The minimum Gasteiger partial charge on any atom is -0.384 e. The number of fused-ring (bicyclic) bond motifs is 1. The number of rotatable bonds is 1. The molecule has 1 heterocycles. The Morgan fingerprint density at radius 3 is 3.18 bits per heavy atom. The summed E-state index contributed by atoms with van der Waals surface area (Å²) in [6.45, 7) is 0.939. The van der Waals surface area contributed by atoms with E-state index >= 15 is 0 Å². The maximum Gasteiger partial charge on any atom is 0.233 e. The standard InChI is InChI=1S/C9H8NO/c11-6-7-2-1-3-9-8(7)4-5-10-9/h1-3,10H,4-5H2. The minimum absolute atomic E-state index is 0.701. The third kappa shape index (κ3) is 0.909. The Hall–Kier alpha value is -1.31. The van der Waals surface area contributed by atoms with Crippen LogP contribution in [0.3, 0.4) is 0 Å². The monoisotopic (exact) mass is 146 g/mol. The van der Waals surface area contributed by atoms with Gasteiger partial charge in [-0.05, 0) is 18.1 Å². The van der Waals surface area contributed by atoms with Gasteiger partial charge in [-0.25, -0.2) is 0 Å². The van der Waals surface area contributed by atoms with Crippen molar-refractivity contribution in [1.29, 1.82) is 0 Å². The van der Waals surface area contributed by atoms with Crippen LogP contribution in [0.4, 0.5) is 5.69 Å². The van der Waals surface area contributed by atoms with Gasteiger partial charge in [0.15, 0.2) is 0 Å². The number of nitrogens with one attached hydrogen (secondary N) is 1. The molecule has 0 aliphatic carbocycles. The smallest absolute Gasteiger partial charge is 0.233 e. The molecule has 55 valence electrons. The van der Waals surface area contributed by atoms with Gasteiger partial charge in [-0.1, -0.05) is 12.1 Å². The fraction of sp³-hybridized carbons (Fsp3) is 0.222. The largest absolute Gasteiger partial charge is 0.384 e. The Kier molecular flexibility index (Phi) is 1.39. The second-order valence-corrected chi connectivity index (χ2v) is 2.61. The summed E-state index contributed by atoms with van der Waals surface area (Å²) in [7, 11) is 0. The van der Waals surface area contributed by atoms with Gasteiger partial charge in [0, 0.05) is 17.8 Å². The zero-order valence-electron chi connectivity index (χ0n) is 6.05. The van der Waals surface area contributed by atoms with Gasteiger partial charge in [-0.3, -0.25) is 4.79 Å². The first-order valence-corrected chi connectivity index (χ1v) is 3.66. The van der Waals surface area contributed by atoms with Crippen molar-refractivity contribution < 1.29 is 4.79 Å². The average molecular weight is 146 g/mol. The van der Waals surface area contributed by atoms with E-state index in [1.165, 1.54) is 0 Å². The molecule has 0 spiro atoms. The van der Waals surface area contributed by atoms with Crippen molar-refractivity contribution in [1.82, 2.24) is 0 Å². The molecule has 0 bridgehead atoms. The molecule has 0 fully saturated rings. The summed E-state index contributed by atoms with van der Waals surface area (Å²) in [5.74, 6) is 0. The van der Waals surface area contributed by atoms with Crippen LogP contribution < -0.4 is 5.32 Å². The van der Waals surface area contributed by atoms with E-state index < -0.39 is 0 Å². The van der Waals surface area contributed by atoms with Crippen LogP contribution >= 0.6 is 0 Å². The van der Waals surface area contributed by atoms with E-state index in [0.29, 0.717) is 5.56 Å². The van der Waals surface area contributed by atoms with Gasteiger partial charge in [-0.2, -0.15) is 0 Å². The Morgan fingerprint density at radius 1 is 1.45 bits per heavy atom. The average Bonchev–Trinajstić information content (AvgIpc) is 2.50. The number of carbonyl (C=O) groups excluding carboxylic acids is 1. The molecule has 0 unspecified atom stereocenters. The van der Waals surface area contributed by atoms with Crippen molar-refractivity contribution in [2.45, 2.75) is 6.42 Å². The summed E-state index contributed by atoms with van der Waals surface area (Å²) in [4.78, 5) is 10.4. The van der Waals surface area contributed by atoms with Crippen LogP contribution in [-0.2, 0) is 11.2 Å². The maximum absolute atomic E-state index is 10.4. The Morgan fingerprint density at radius 2 is 2.36 bits per heavy atom. The lowest BCUT2D eigenvalue weighted by molar-refractivity contribution is 0.562. The van der Waals surface area contributed by atoms with Gasteiger partial charge in [-0.15, -0.1) is 0 Å². The molecule has 1 aromatic carbocycles. The summed E-state index contributed by atoms with van der Waals surface area (Å²) in [5.41, 5.74) is 2.90. The van der Waals surface area contributed by atoms with Gasteiger partial charge in [0.1, 0.15) is 0 Å². The van der Waals surface area contributed by atoms with Gasteiger partial charge in [0.25, 0.3) is 0 Å². The highest BCUT2D eigenvalue weighted by Gasteiger charge is 2.12. The predicted molar refractivity (Wildman–Crippen MR) is 43.4 cm³/mol. The lowest BCUT2D eigenvalue weighted by Crippen LogP contribution is -1.90. The molecular formula is C9H8NO. The molecule has 1 aromatic rings. The fourth-order valence-corrected chi connectivity index (χ4v) is 1.44. The maximum atomic E-state index is 10.4.